The van der Waals surface area contributed by atoms with Crippen molar-refractivity contribution in [3.05, 3.63) is 60.7 Å². The fourth-order valence-corrected chi connectivity index (χ4v) is 1.63. The molecule has 0 heterocycles. The maximum absolute atomic E-state index is 11.7. The average molecular weight is 226 g/mol. The molecule has 0 fully saturated rings. The van der Waals surface area contributed by atoms with Gasteiger partial charge in [0.1, 0.15) is 0 Å². The van der Waals surface area contributed by atoms with Crippen molar-refractivity contribution in [2.24, 2.45) is 0 Å². The van der Waals surface area contributed by atoms with Crippen LogP contribution in [0, 0.1) is 0 Å². The lowest BCUT2D eigenvalue weighted by Gasteiger charge is -2.04. The molecule has 0 bridgehead atoms. The largest absolute Gasteiger partial charge is 0.462 e. The summed E-state index contributed by atoms with van der Waals surface area (Å²) in [4.78, 5) is 11.7. The Morgan fingerprint density at radius 2 is 1.94 bits per heavy atom. The molecule has 0 aromatic heterocycles. The van der Waals surface area contributed by atoms with Gasteiger partial charge in [-0.25, -0.2) is 4.79 Å². The van der Waals surface area contributed by atoms with Crippen molar-refractivity contribution in [2.45, 2.75) is 6.42 Å². The van der Waals surface area contributed by atoms with Crippen LogP contribution in [0.25, 0.3) is 10.8 Å². The minimum absolute atomic E-state index is 0.280. The van der Waals surface area contributed by atoms with Crippen LogP contribution in [0.15, 0.2) is 55.1 Å². The number of rotatable bonds is 4. The van der Waals surface area contributed by atoms with Crippen LogP contribution in [0.4, 0.5) is 0 Å². The number of fused-ring (bicyclic) bond motifs is 1. The molecule has 0 atom stereocenters. The Hall–Kier alpha value is -2.09. The van der Waals surface area contributed by atoms with Gasteiger partial charge in [0.2, 0.25) is 0 Å². The van der Waals surface area contributed by atoms with Gasteiger partial charge in [-0.15, -0.1) is 6.58 Å². The molecule has 0 unspecified atom stereocenters. The van der Waals surface area contributed by atoms with E-state index in [-0.39, 0.29) is 5.97 Å². The lowest BCUT2D eigenvalue weighted by Crippen LogP contribution is -2.05. The topological polar surface area (TPSA) is 26.3 Å². The van der Waals surface area contributed by atoms with Crippen LogP contribution in [0.3, 0.4) is 0 Å². The van der Waals surface area contributed by atoms with Gasteiger partial charge in [0.05, 0.1) is 12.2 Å². The quantitative estimate of drug-likeness (QED) is 0.452. The lowest BCUT2D eigenvalue weighted by molar-refractivity contribution is 0.0512. The number of esters is 1. The number of hydrogen-bond donors (Lipinski definition) is 0. The molecular weight excluding hydrogens is 212 g/mol. The van der Waals surface area contributed by atoms with Crippen LogP contribution in [-0.4, -0.2) is 12.6 Å². The van der Waals surface area contributed by atoms with Crippen LogP contribution in [0.1, 0.15) is 16.8 Å². The smallest absolute Gasteiger partial charge is 0.338 e. The SMILES string of the molecule is C=CCCOC(=O)c1ccc2ccccc2c1. The first kappa shape index (κ1) is 11.4. The first-order valence-corrected chi connectivity index (χ1v) is 5.58. The molecule has 2 rings (SSSR count). The highest BCUT2D eigenvalue weighted by atomic mass is 16.5. The molecule has 0 spiro atoms. The Labute approximate surface area is 101 Å². The molecule has 0 radical (unpaired) electrons. The monoisotopic (exact) mass is 226 g/mol. The van der Waals surface area contributed by atoms with E-state index in [0.29, 0.717) is 18.6 Å². The molecule has 2 aromatic carbocycles. The van der Waals surface area contributed by atoms with E-state index in [2.05, 4.69) is 6.58 Å². The molecule has 0 aliphatic carbocycles. The van der Waals surface area contributed by atoms with Crippen LogP contribution in [0.5, 0.6) is 0 Å². The fourth-order valence-electron chi connectivity index (χ4n) is 1.63. The van der Waals surface area contributed by atoms with Gasteiger partial charge in [-0.1, -0.05) is 36.4 Å². The third-order valence-electron chi connectivity index (χ3n) is 2.54. The van der Waals surface area contributed by atoms with E-state index in [4.69, 9.17) is 4.74 Å². The Morgan fingerprint density at radius 1 is 1.18 bits per heavy atom. The summed E-state index contributed by atoms with van der Waals surface area (Å²) in [6, 6.07) is 13.5. The van der Waals surface area contributed by atoms with E-state index in [0.717, 1.165) is 10.8 Å². The Bertz CT molecular complexity index is 543. The number of ether oxygens (including phenoxy) is 1. The van der Waals surface area contributed by atoms with Crippen molar-refractivity contribution in [3.8, 4) is 0 Å². The van der Waals surface area contributed by atoms with Crippen LogP contribution in [0.2, 0.25) is 0 Å². The van der Waals surface area contributed by atoms with Crippen molar-refractivity contribution in [1.82, 2.24) is 0 Å². The Kier molecular flexibility index (Phi) is 3.55. The molecule has 2 nitrogen and oxygen atoms in total. The third kappa shape index (κ3) is 2.72. The van der Waals surface area contributed by atoms with Crippen LogP contribution in [-0.2, 0) is 4.74 Å². The van der Waals surface area contributed by atoms with Gasteiger partial charge in [-0.2, -0.15) is 0 Å². The first-order valence-electron chi connectivity index (χ1n) is 5.58. The zero-order valence-corrected chi connectivity index (χ0v) is 9.56. The standard InChI is InChI=1S/C15H14O2/c1-2-3-10-17-15(16)14-9-8-12-6-4-5-7-13(12)11-14/h2,4-9,11H,1,3,10H2. The summed E-state index contributed by atoms with van der Waals surface area (Å²) in [6.07, 6.45) is 2.41. The second kappa shape index (κ2) is 5.30. The average Bonchev–Trinajstić information content (AvgIpc) is 2.38. The zero-order valence-electron chi connectivity index (χ0n) is 9.56. The summed E-state index contributed by atoms with van der Waals surface area (Å²) in [5.74, 6) is -0.280. The second-order valence-electron chi connectivity index (χ2n) is 3.78. The molecule has 0 amide bonds. The summed E-state index contributed by atoms with van der Waals surface area (Å²) < 4.78 is 5.11. The Balaban J connectivity index is 2.18. The first-order chi connectivity index (χ1) is 8.31. The minimum Gasteiger partial charge on any atom is -0.462 e. The molecule has 2 aromatic rings. The highest BCUT2D eigenvalue weighted by Gasteiger charge is 2.06. The van der Waals surface area contributed by atoms with Gasteiger partial charge in [0.15, 0.2) is 0 Å². The predicted molar refractivity (Wildman–Crippen MR) is 69.0 cm³/mol. The number of benzene rings is 2. The molecule has 17 heavy (non-hydrogen) atoms. The zero-order chi connectivity index (χ0) is 12.1. The summed E-state index contributed by atoms with van der Waals surface area (Å²) in [6.45, 7) is 3.96. The summed E-state index contributed by atoms with van der Waals surface area (Å²) in [5.41, 5.74) is 0.591. The number of carbonyl (C=O) groups is 1. The molecule has 0 saturated heterocycles. The van der Waals surface area contributed by atoms with Gasteiger partial charge in [-0.05, 0) is 29.3 Å². The summed E-state index contributed by atoms with van der Waals surface area (Å²) in [7, 11) is 0. The fraction of sp³-hybridized carbons (Fsp3) is 0.133. The van der Waals surface area contributed by atoms with Gasteiger partial charge >= 0.3 is 5.97 Å². The van der Waals surface area contributed by atoms with E-state index in [1.165, 1.54) is 0 Å². The van der Waals surface area contributed by atoms with E-state index in [1.54, 1.807) is 12.1 Å². The molecule has 2 heteroatoms. The normalized spacial score (nSPS) is 10.1. The molecule has 0 N–H and O–H groups in total. The summed E-state index contributed by atoms with van der Waals surface area (Å²) in [5, 5.41) is 2.17. The maximum Gasteiger partial charge on any atom is 0.338 e. The molecule has 0 aliphatic heterocycles. The predicted octanol–water partition coefficient (Wildman–Crippen LogP) is 3.57. The third-order valence-corrected chi connectivity index (χ3v) is 2.54. The molecule has 0 aliphatic rings. The van der Waals surface area contributed by atoms with E-state index in [1.807, 2.05) is 36.4 Å². The van der Waals surface area contributed by atoms with Crippen molar-refractivity contribution in [2.75, 3.05) is 6.61 Å². The van der Waals surface area contributed by atoms with Crippen LogP contribution >= 0.6 is 0 Å². The van der Waals surface area contributed by atoms with E-state index in [9.17, 15) is 4.79 Å². The van der Waals surface area contributed by atoms with Crippen molar-refractivity contribution < 1.29 is 9.53 Å². The Morgan fingerprint density at radius 3 is 2.71 bits per heavy atom. The minimum atomic E-state index is -0.280. The second-order valence-corrected chi connectivity index (χ2v) is 3.78. The van der Waals surface area contributed by atoms with Gasteiger partial charge in [0.25, 0.3) is 0 Å². The maximum atomic E-state index is 11.7. The van der Waals surface area contributed by atoms with E-state index >= 15 is 0 Å². The van der Waals surface area contributed by atoms with Gasteiger partial charge in [0, 0.05) is 0 Å². The molecular formula is C15H14O2. The van der Waals surface area contributed by atoms with Crippen molar-refractivity contribution in [3.63, 3.8) is 0 Å². The highest BCUT2D eigenvalue weighted by molar-refractivity contribution is 5.95. The molecule has 86 valence electrons. The van der Waals surface area contributed by atoms with Crippen LogP contribution < -0.4 is 0 Å². The van der Waals surface area contributed by atoms with Gasteiger partial charge in [-0.3, -0.25) is 0 Å². The van der Waals surface area contributed by atoms with E-state index < -0.39 is 0 Å². The lowest BCUT2D eigenvalue weighted by atomic mass is 10.1. The highest BCUT2D eigenvalue weighted by Crippen LogP contribution is 2.16. The number of hydrogen-bond acceptors (Lipinski definition) is 2. The number of carbonyl (C=O) groups excluding carboxylic acids is 1. The van der Waals surface area contributed by atoms with Crippen molar-refractivity contribution >= 4 is 16.7 Å². The molecule has 0 saturated carbocycles. The summed E-state index contributed by atoms with van der Waals surface area (Å²) >= 11 is 0. The van der Waals surface area contributed by atoms with Crippen molar-refractivity contribution in [1.29, 1.82) is 0 Å². The van der Waals surface area contributed by atoms with Gasteiger partial charge < -0.3 is 4.74 Å².